The van der Waals surface area contributed by atoms with Gasteiger partial charge in [0.15, 0.2) is 0 Å². The molecule has 2 rings (SSSR count). The molecule has 1 unspecified atom stereocenters. The number of carbonyl (C=O) groups is 1. The van der Waals surface area contributed by atoms with Crippen LogP contribution in [0.4, 0.5) is 5.69 Å². The maximum absolute atomic E-state index is 12.0. The summed E-state index contributed by atoms with van der Waals surface area (Å²) in [6.07, 6.45) is 1.74. The first-order valence-corrected chi connectivity index (χ1v) is 6.28. The summed E-state index contributed by atoms with van der Waals surface area (Å²) >= 11 is 5.69. The van der Waals surface area contributed by atoms with E-state index in [4.69, 9.17) is 16.3 Å². The van der Waals surface area contributed by atoms with Crippen molar-refractivity contribution in [1.29, 1.82) is 0 Å². The molecule has 7 heteroatoms. The van der Waals surface area contributed by atoms with Gasteiger partial charge in [0, 0.05) is 18.2 Å². The number of ether oxygens (including phenoxy) is 1. The first-order valence-electron chi connectivity index (χ1n) is 5.90. The van der Waals surface area contributed by atoms with Crippen molar-refractivity contribution in [2.75, 3.05) is 13.2 Å². The second-order valence-electron chi connectivity index (χ2n) is 4.31. The molecule has 0 saturated carbocycles. The number of benzene rings is 1. The molecule has 1 atom stereocenters. The lowest BCUT2D eigenvalue weighted by Crippen LogP contribution is -2.40. The highest BCUT2D eigenvalue weighted by Crippen LogP contribution is 2.25. The van der Waals surface area contributed by atoms with E-state index < -0.39 is 4.92 Å². The van der Waals surface area contributed by atoms with Crippen molar-refractivity contribution in [3.63, 3.8) is 0 Å². The van der Waals surface area contributed by atoms with Gasteiger partial charge >= 0.3 is 0 Å². The molecule has 6 nitrogen and oxygen atoms in total. The molecule has 1 aromatic rings. The van der Waals surface area contributed by atoms with Crippen LogP contribution in [-0.4, -0.2) is 30.1 Å². The Labute approximate surface area is 114 Å². The van der Waals surface area contributed by atoms with Crippen LogP contribution in [0.2, 0.25) is 5.02 Å². The Kier molecular flexibility index (Phi) is 4.34. The number of hydrogen-bond donors (Lipinski definition) is 1. The topological polar surface area (TPSA) is 81.5 Å². The zero-order valence-corrected chi connectivity index (χ0v) is 10.9. The molecule has 1 aromatic carbocycles. The number of halogens is 1. The molecule has 1 N–H and O–H groups in total. The summed E-state index contributed by atoms with van der Waals surface area (Å²) in [7, 11) is 0. The Morgan fingerprint density at radius 3 is 2.95 bits per heavy atom. The Bertz CT molecular complexity index is 501. The first-order chi connectivity index (χ1) is 9.08. The van der Waals surface area contributed by atoms with Gasteiger partial charge in [-0.3, -0.25) is 14.9 Å². The van der Waals surface area contributed by atoms with Crippen LogP contribution in [0, 0.1) is 10.1 Å². The van der Waals surface area contributed by atoms with Crippen molar-refractivity contribution in [2.24, 2.45) is 0 Å². The average molecular weight is 285 g/mol. The zero-order valence-electron chi connectivity index (χ0n) is 10.1. The molecule has 0 aromatic heterocycles. The Balaban J connectivity index is 2.10. The van der Waals surface area contributed by atoms with Gasteiger partial charge in [0.2, 0.25) is 0 Å². The molecular weight excluding hydrogens is 272 g/mol. The van der Waals surface area contributed by atoms with Crippen LogP contribution >= 0.6 is 11.6 Å². The Morgan fingerprint density at radius 1 is 1.53 bits per heavy atom. The van der Waals surface area contributed by atoms with E-state index in [0.29, 0.717) is 13.2 Å². The van der Waals surface area contributed by atoms with E-state index in [2.05, 4.69) is 5.32 Å². The minimum absolute atomic E-state index is 0.0162. The predicted octanol–water partition coefficient (Wildman–Crippen LogP) is 2.16. The SMILES string of the molecule is O=C(NC1CCCOC1)c1ccc(Cl)c([N+](=O)[O-])c1. The lowest BCUT2D eigenvalue weighted by molar-refractivity contribution is -0.384. The molecule has 1 fully saturated rings. The molecule has 1 aliphatic heterocycles. The van der Waals surface area contributed by atoms with Gasteiger partial charge in [-0.1, -0.05) is 11.6 Å². The van der Waals surface area contributed by atoms with E-state index in [9.17, 15) is 14.9 Å². The van der Waals surface area contributed by atoms with Crippen molar-refractivity contribution in [1.82, 2.24) is 5.32 Å². The third-order valence-corrected chi connectivity index (χ3v) is 3.22. The second kappa shape index (κ2) is 5.99. The summed E-state index contributed by atoms with van der Waals surface area (Å²) in [4.78, 5) is 22.1. The van der Waals surface area contributed by atoms with E-state index in [1.54, 1.807) is 0 Å². The monoisotopic (exact) mass is 284 g/mol. The zero-order chi connectivity index (χ0) is 13.8. The summed E-state index contributed by atoms with van der Waals surface area (Å²) in [5, 5.41) is 13.6. The van der Waals surface area contributed by atoms with Crippen molar-refractivity contribution in [3.05, 3.63) is 38.9 Å². The maximum Gasteiger partial charge on any atom is 0.288 e. The quantitative estimate of drug-likeness (QED) is 0.681. The molecule has 19 heavy (non-hydrogen) atoms. The molecule has 0 aliphatic carbocycles. The summed E-state index contributed by atoms with van der Waals surface area (Å²) in [6.45, 7) is 1.18. The maximum atomic E-state index is 12.0. The summed E-state index contributed by atoms with van der Waals surface area (Å²) in [6, 6.07) is 3.96. The van der Waals surface area contributed by atoms with Crippen LogP contribution in [0.1, 0.15) is 23.2 Å². The van der Waals surface area contributed by atoms with E-state index in [1.165, 1.54) is 18.2 Å². The highest BCUT2D eigenvalue weighted by molar-refractivity contribution is 6.32. The van der Waals surface area contributed by atoms with Crippen molar-refractivity contribution in [3.8, 4) is 0 Å². The minimum Gasteiger partial charge on any atom is -0.379 e. The molecular formula is C12H13ClN2O4. The van der Waals surface area contributed by atoms with Crippen molar-refractivity contribution in [2.45, 2.75) is 18.9 Å². The van der Waals surface area contributed by atoms with Crippen LogP contribution in [0.15, 0.2) is 18.2 Å². The van der Waals surface area contributed by atoms with Gasteiger partial charge in [-0.25, -0.2) is 0 Å². The first kappa shape index (κ1) is 13.8. The number of amides is 1. The van der Waals surface area contributed by atoms with E-state index in [-0.39, 0.29) is 28.2 Å². The highest BCUT2D eigenvalue weighted by Gasteiger charge is 2.20. The Morgan fingerprint density at radius 2 is 2.32 bits per heavy atom. The molecule has 1 heterocycles. The number of nitro benzene ring substituents is 1. The number of nitro groups is 1. The fourth-order valence-electron chi connectivity index (χ4n) is 1.92. The molecule has 1 aliphatic rings. The predicted molar refractivity (Wildman–Crippen MR) is 69.4 cm³/mol. The smallest absolute Gasteiger partial charge is 0.288 e. The fourth-order valence-corrected chi connectivity index (χ4v) is 2.10. The van der Waals surface area contributed by atoms with E-state index >= 15 is 0 Å². The van der Waals surface area contributed by atoms with Gasteiger partial charge < -0.3 is 10.1 Å². The molecule has 1 amide bonds. The standard InChI is InChI=1S/C12H13ClN2O4/c13-10-4-3-8(6-11(10)15(17)18)12(16)14-9-2-1-5-19-7-9/h3-4,6,9H,1-2,5,7H2,(H,14,16). The third-order valence-electron chi connectivity index (χ3n) is 2.90. The lowest BCUT2D eigenvalue weighted by Gasteiger charge is -2.23. The van der Waals surface area contributed by atoms with Crippen molar-refractivity contribution < 1.29 is 14.5 Å². The minimum atomic E-state index is -0.608. The molecule has 0 bridgehead atoms. The van der Waals surface area contributed by atoms with Gasteiger partial charge in [0.1, 0.15) is 5.02 Å². The van der Waals surface area contributed by atoms with Crippen LogP contribution < -0.4 is 5.32 Å². The second-order valence-corrected chi connectivity index (χ2v) is 4.72. The number of rotatable bonds is 3. The number of hydrogen-bond acceptors (Lipinski definition) is 4. The number of carbonyl (C=O) groups excluding carboxylic acids is 1. The summed E-state index contributed by atoms with van der Waals surface area (Å²) in [5.41, 5.74) is -0.0455. The summed E-state index contributed by atoms with van der Waals surface area (Å²) < 4.78 is 5.26. The summed E-state index contributed by atoms with van der Waals surface area (Å²) in [5.74, 6) is -0.352. The van der Waals surface area contributed by atoms with Gasteiger partial charge in [-0.2, -0.15) is 0 Å². The van der Waals surface area contributed by atoms with Crippen LogP contribution in [0.25, 0.3) is 0 Å². The fraction of sp³-hybridized carbons (Fsp3) is 0.417. The van der Waals surface area contributed by atoms with E-state index in [1.807, 2.05) is 0 Å². The van der Waals surface area contributed by atoms with Gasteiger partial charge in [-0.05, 0) is 25.0 Å². The van der Waals surface area contributed by atoms with Gasteiger partial charge in [0.25, 0.3) is 11.6 Å². The van der Waals surface area contributed by atoms with Crippen LogP contribution in [0.5, 0.6) is 0 Å². The van der Waals surface area contributed by atoms with Gasteiger partial charge in [0.05, 0.1) is 17.6 Å². The lowest BCUT2D eigenvalue weighted by atomic mass is 10.1. The number of nitrogens with zero attached hydrogens (tertiary/aromatic N) is 1. The van der Waals surface area contributed by atoms with Crippen LogP contribution in [0.3, 0.4) is 0 Å². The molecule has 1 saturated heterocycles. The largest absolute Gasteiger partial charge is 0.379 e. The molecule has 102 valence electrons. The normalized spacial score (nSPS) is 18.9. The van der Waals surface area contributed by atoms with E-state index in [0.717, 1.165) is 12.8 Å². The van der Waals surface area contributed by atoms with Crippen molar-refractivity contribution >= 4 is 23.2 Å². The van der Waals surface area contributed by atoms with Gasteiger partial charge in [-0.15, -0.1) is 0 Å². The average Bonchev–Trinajstić information content (AvgIpc) is 2.40. The molecule has 0 spiro atoms. The third kappa shape index (κ3) is 3.42. The number of nitrogens with one attached hydrogen (secondary N) is 1. The highest BCUT2D eigenvalue weighted by atomic mass is 35.5. The molecule has 0 radical (unpaired) electrons. The van der Waals surface area contributed by atoms with Crippen LogP contribution in [-0.2, 0) is 4.74 Å². The Hall–Kier alpha value is -1.66.